The van der Waals surface area contributed by atoms with Gasteiger partial charge in [0.05, 0.1) is 39.9 Å². The third kappa shape index (κ3) is 15.6. The van der Waals surface area contributed by atoms with Gasteiger partial charge in [0.15, 0.2) is 0 Å². The Kier molecular flexibility index (Phi) is 22.8. The van der Waals surface area contributed by atoms with Crippen LogP contribution in [0.3, 0.4) is 0 Å². The van der Waals surface area contributed by atoms with E-state index in [0.29, 0.717) is 49.9 Å². The van der Waals surface area contributed by atoms with E-state index in [1.807, 2.05) is 152 Å². The standard InChI is InChI=1S/C27H28F2N4O.C27H27F2N3O2.C21H23F2N3O2/c1-32(2)26(34)33-27(20-11-7-4-8-12-20,16-15-24(30)19-9-5-3-6-10-19)18-25(31-33)22-17-21(28)13-14-23(22)29;1-31(2)26(34)32-27(20-11-7-4-8-12-20,16-15-25(33)19-9-5-3-6-10-19)18-24(30-32)22-17-21(28)13-14-23(22)29;1-25(2)20(28)26-21(11-6-12-27,15-7-4-3-5-8-15)14-19(24-26)17-13-16(22)9-10-18(17)23/h3-14,17,24H,15-16,18,30H2,1-2H3;3-14,17,25,33H,15-16,18H2,1-2H3;3-5,7-10,13,27H,6,11-12,14H2,1-2H3. The number of hydrazone groups is 3. The number of halogens is 6. The number of amides is 6. The van der Waals surface area contributed by atoms with Gasteiger partial charge < -0.3 is 30.6 Å². The predicted octanol–water partition coefficient (Wildman–Crippen LogP) is 14.6. The van der Waals surface area contributed by atoms with Gasteiger partial charge in [0.2, 0.25) is 0 Å². The Labute approximate surface area is 555 Å². The minimum atomic E-state index is -0.980. The van der Waals surface area contributed by atoms with Crippen molar-refractivity contribution in [2.24, 2.45) is 21.0 Å². The van der Waals surface area contributed by atoms with Gasteiger partial charge in [-0.15, -0.1) is 0 Å². The van der Waals surface area contributed by atoms with Crippen molar-refractivity contribution in [3.05, 3.63) is 286 Å². The molecule has 0 aliphatic carbocycles. The van der Waals surface area contributed by atoms with Crippen LogP contribution in [0.1, 0.15) is 114 Å². The summed E-state index contributed by atoms with van der Waals surface area (Å²) in [6.07, 6.45) is 2.47. The van der Waals surface area contributed by atoms with Crippen molar-refractivity contribution < 1.29 is 50.9 Å². The second-order valence-electron chi connectivity index (χ2n) is 24.6. The number of carbonyl (C=O) groups is 3. The van der Waals surface area contributed by atoms with Gasteiger partial charge in [-0.05, 0) is 121 Å². The molecule has 3 aliphatic rings. The van der Waals surface area contributed by atoms with Crippen LogP contribution in [0.4, 0.5) is 40.7 Å². The van der Waals surface area contributed by atoms with Crippen LogP contribution in [0.5, 0.6) is 0 Å². The number of hydrogen-bond acceptors (Lipinski definition) is 9. The Morgan fingerprint density at radius 1 is 0.438 bits per heavy atom. The van der Waals surface area contributed by atoms with E-state index in [-0.39, 0.29) is 72.4 Å². The first-order valence-corrected chi connectivity index (χ1v) is 31.5. The van der Waals surface area contributed by atoms with Crippen LogP contribution < -0.4 is 5.73 Å². The van der Waals surface area contributed by atoms with Crippen LogP contribution in [-0.4, -0.2) is 124 Å². The van der Waals surface area contributed by atoms with Crippen molar-refractivity contribution in [3.8, 4) is 0 Å². The van der Waals surface area contributed by atoms with E-state index in [4.69, 9.17) is 5.73 Å². The fraction of sp³-hybridized carbons (Fsp3) is 0.280. The van der Waals surface area contributed by atoms with Crippen LogP contribution in [0.25, 0.3) is 0 Å². The van der Waals surface area contributed by atoms with Crippen molar-refractivity contribution >= 4 is 35.2 Å². The molecule has 500 valence electrons. The van der Waals surface area contributed by atoms with Crippen LogP contribution in [0.2, 0.25) is 0 Å². The first-order chi connectivity index (χ1) is 46.0. The largest absolute Gasteiger partial charge is 0.396 e. The van der Waals surface area contributed by atoms with E-state index in [9.17, 15) is 50.9 Å². The number of carbonyl (C=O) groups excluding carboxylic acids is 3. The van der Waals surface area contributed by atoms with Gasteiger partial charge in [0, 0.05) is 90.9 Å². The summed E-state index contributed by atoms with van der Waals surface area (Å²) in [5.74, 6) is -3.50. The molecule has 5 unspecified atom stereocenters. The van der Waals surface area contributed by atoms with E-state index in [1.165, 1.54) is 29.7 Å². The predicted molar refractivity (Wildman–Crippen MR) is 359 cm³/mol. The maximum absolute atomic E-state index is 14.7. The summed E-state index contributed by atoms with van der Waals surface area (Å²) >= 11 is 0. The highest BCUT2D eigenvalue weighted by atomic mass is 19.1. The molecular weight excluding hydrogens is 1230 g/mol. The molecule has 8 aromatic rings. The average Bonchev–Trinajstić information content (AvgIpc) is 1.61. The lowest BCUT2D eigenvalue weighted by atomic mass is 9.79. The molecule has 96 heavy (non-hydrogen) atoms. The smallest absolute Gasteiger partial charge is 0.340 e. The summed E-state index contributed by atoms with van der Waals surface area (Å²) < 4.78 is 85.6. The van der Waals surface area contributed by atoms with Crippen LogP contribution >= 0.6 is 0 Å². The van der Waals surface area contributed by atoms with Gasteiger partial charge in [0.1, 0.15) is 34.9 Å². The summed E-state index contributed by atoms with van der Waals surface area (Å²) in [6.45, 7) is -0.0533. The van der Waals surface area contributed by atoms with Gasteiger partial charge in [-0.2, -0.15) is 15.3 Å². The second-order valence-corrected chi connectivity index (χ2v) is 24.6. The number of aliphatic hydroxyl groups is 2. The molecule has 0 spiro atoms. The zero-order valence-electron chi connectivity index (χ0n) is 54.3. The molecule has 3 heterocycles. The Morgan fingerprint density at radius 2 is 0.729 bits per heavy atom. The molecule has 8 aromatic carbocycles. The van der Waals surface area contributed by atoms with Gasteiger partial charge >= 0.3 is 18.1 Å². The Balaban J connectivity index is 0.000000170. The number of aliphatic hydroxyl groups excluding tert-OH is 2. The van der Waals surface area contributed by atoms with Gasteiger partial charge in [0.25, 0.3) is 0 Å². The third-order valence-corrected chi connectivity index (χ3v) is 17.5. The normalized spacial score (nSPS) is 18.6. The fourth-order valence-corrected chi connectivity index (χ4v) is 12.4. The summed E-state index contributed by atoms with van der Waals surface area (Å²) in [7, 11) is 9.75. The van der Waals surface area contributed by atoms with Gasteiger partial charge in [-0.1, -0.05) is 152 Å². The summed E-state index contributed by atoms with van der Waals surface area (Å²) in [5, 5.41) is 38.0. The molecule has 0 radical (unpaired) electrons. The molecule has 0 saturated carbocycles. The number of hydrogen-bond donors (Lipinski definition) is 3. The minimum Gasteiger partial charge on any atom is -0.396 e. The minimum absolute atomic E-state index is 0.0259. The zero-order chi connectivity index (χ0) is 68.9. The highest BCUT2D eigenvalue weighted by Crippen LogP contribution is 2.48. The van der Waals surface area contributed by atoms with Crippen molar-refractivity contribution in [2.45, 2.75) is 86.5 Å². The van der Waals surface area contributed by atoms with Gasteiger partial charge in [-0.25, -0.2) is 55.8 Å². The molecule has 6 amide bonds. The first-order valence-electron chi connectivity index (χ1n) is 31.5. The lowest BCUT2D eigenvalue weighted by Gasteiger charge is -2.38. The third-order valence-electron chi connectivity index (χ3n) is 17.5. The number of urea groups is 3. The summed E-state index contributed by atoms with van der Waals surface area (Å²) in [5.41, 5.74) is 9.04. The van der Waals surface area contributed by atoms with Crippen molar-refractivity contribution in [1.29, 1.82) is 0 Å². The molecule has 5 atom stereocenters. The quantitative estimate of drug-likeness (QED) is 0.0765. The van der Waals surface area contributed by atoms with E-state index in [2.05, 4.69) is 15.3 Å². The van der Waals surface area contributed by atoms with E-state index < -0.39 is 57.6 Å². The monoisotopic (exact) mass is 1310 g/mol. The van der Waals surface area contributed by atoms with Crippen molar-refractivity contribution in [3.63, 3.8) is 0 Å². The number of benzene rings is 8. The lowest BCUT2D eigenvalue weighted by Crippen LogP contribution is -2.48. The lowest BCUT2D eigenvalue weighted by molar-refractivity contribution is 0.0828. The van der Waals surface area contributed by atoms with E-state index in [1.54, 1.807) is 42.3 Å². The molecule has 15 nitrogen and oxygen atoms in total. The second kappa shape index (κ2) is 31.1. The average molecular weight is 1310 g/mol. The number of nitrogens with two attached hydrogens (primary N) is 1. The Hall–Kier alpha value is -9.96. The Morgan fingerprint density at radius 3 is 1.04 bits per heavy atom. The first kappa shape index (κ1) is 70.4. The van der Waals surface area contributed by atoms with Crippen LogP contribution in [0, 0.1) is 34.9 Å². The zero-order valence-corrected chi connectivity index (χ0v) is 54.3. The molecule has 0 fully saturated rings. The highest BCUT2D eigenvalue weighted by Gasteiger charge is 2.51. The molecule has 11 rings (SSSR count). The SMILES string of the molecule is CN(C)C(=O)N1N=C(c2cc(F)ccc2F)CC1(CCC(N)c1ccccc1)c1ccccc1.CN(C)C(=O)N1N=C(c2cc(F)ccc2F)CC1(CCC(O)c1ccccc1)c1ccccc1.CN(C)C(=O)N1N=C(c2cc(F)ccc2F)CC1(CCCO)c1ccccc1. The summed E-state index contributed by atoms with van der Waals surface area (Å²) in [6, 6.07) is 55.7. The number of nitrogens with zero attached hydrogens (tertiary/aromatic N) is 9. The van der Waals surface area contributed by atoms with Crippen LogP contribution in [0.15, 0.2) is 222 Å². The van der Waals surface area contributed by atoms with E-state index >= 15 is 0 Å². The molecule has 3 aliphatic heterocycles. The number of rotatable bonds is 17. The molecule has 0 aromatic heterocycles. The molecule has 21 heteroatoms. The molecule has 4 N–H and O–H groups in total. The maximum atomic E-state index is 14.7. The van der Waals surface area contributed by atoms with Crippen LogP contribution in [-0.2, 0) is 16.6 Å². The maximum Gasteiger partial charge on any atom is 0.340 e. The van der Waals surface area contributed by atoms with E-state index in [0.717, 1.165) is 82.4 Å². The molecular formula is C75H78F6N10O5. The summed E-state index contributed by atoms with van der Waals surface area (Å²) in [4.78, 5) is 43.8. The molecule has 0 saturated heterocycles. The van der Waals surface area contributed by atoms with Crippen molar-refractivity contribution in [1.82, 2.24) is 29.7 Å². The fourth-order valence-electron chi connectivity index (χ4n) is 12.4. The Bertz CT molecular complexity index is 3890. The van der Waals surface area contributed by atoms with Crippen molar-refractivity contribution in [2.75, 3.05) is 48.9 Å². The van der Waals surface area contributed by atoms with Gasteiger partial charge in [-0.3, -0.25) is 0 Å². The molecule has 0 bridgehead atoms. The topological polar surface area (TPSA) is 174 Å². The highest BCUT2D eigenvalue weighted by molar-refractivity contribution is 6.05.